The Morgan fingerprint density at radius 2 is 1.86 bits per heavy atom. The molecular formula is C23H26N2O3S. The van der Waals surface area contributed by atoms with E-state index >= 15 is 0 Å². The van der Waals surface area contributed by atoms with E-state index < -0.39 is 10.0 Å². The van der Waals surface area contributed by atoms with Crippen LogP contribution in [0, 0.1) is 6.92 Å². The molecule has 2 aliphatic rings. The summed E-state index contributed by atoms with van der Waals surface area (Å²) >= 11 is 0. The molecule has 0 bridgehead atoms. The number of hydrogen-bond acceptors (Lipinski definition) is 4. The van der Waals surface area contributed by atoms with Gasteiger partial charge in [-0.25, -0.2) is 12.4 Å². The zero-order valence-electron chi connectivity index (χ0n) is 16.9. The molecule has 1 aliphatic carbocycles. The van der Waals surface area contributed by atoms with Crippen LogP contribution in [0.4, 0.5) is 0 Å². The van der Waals surface area contributed by atoms with E-state index in [2.05, 4.69) is 5.32 Å². The Morgan fingerprint density at radius 3 is 2.55 bits per heavy atom. The Hall–Kier alpha value is -2.31. The lowest BCUT2D eigenvalue weighted by molar-refractivity contribution is 0.244. The molecule has 1 atom stereocenters. The molecular weight excluding hydrogens is 384 g/mol. The van der Waals surface area contributed by atoms with E-state index in [1.54, 1.807) is 19.2 Å². The monoisotopic (exact) mass is 410 g/mol. The Labute approximate surface area is 171 Å². The van der Waals surface area contributed by atoms with Crippen LogP contribution in [0.5, 0.6) is 5.75 Å². The second kappa shape index (κ2) is 6.61. The summed E-state index contributed by atoms with van der Waals surface area (Å²) in [5.41, 5.74) is 3.98. The number of nitrogens with one attached hydrogen (secondary N) is 1. The number of rotatable bonds is 3. The maximum absolute atomic E-state index is 13.5. The van der Waals surface area contributed by atoms with E-state index in [0.717, 1.165) is 59.2 Å². The molecule has 29 heavy (non-hydrogen) atoms. The molecule has 1 aromatic heterocycles. The molecule has 1 N–H and O–H groups in total. The van der Waals surface area contributed by atoms with Gasteiger partial charge in [-0.15, -0.1) is 0 Å². The maximum Gasteiger partial charge on any atom is 0.268 e. The van der Waals surface area contributed by atoms with Gasteiger partial charge in [-0.1, -0.05) is 24.1 Å². The molecule has 1 saturated heterocycles. The Kier molecular flexibility index (Phi) is 4.26. The highest BCUT2D eigenvalue weighted by Gasteiger charge is 2.39. The van der Waals surface area contributed by atoms with Crippen LogP contribution in [-0.4, -0.2) is 31.6 Å². The van der Waals surface area contributed by atoms with Crippen molar-refractivity contribution < 1.29 is 13.2 Å². The van der Waals surface area contributed by atoms with Crippen molar-refractivity contribution in [2.45, 2.75) is 49.5 Å². The van der Waals surface area contributed by atoms with Crippen molar-refractivity contribution in [3.8, 4) is 5.75 Å². The van der Waals surface area contributed by atoms with Gasteiger partial charge in [0.05, 0.1) is 17.5 Å². The van der Waals surface area contributed by atoms with Crippen molar-refractivity contribution in [1.82, 2.24) is 9.29 Å². The molecule has 152 valence electrons. The summed E-state index contributed by atoms with van der Waals surface area (Å²) in [6.07, 6.45) is 7.04. The Bertz CT molecular complexity index is 1190. The van der Waals surface area contributed by atoms with Gasteiger partial charge in [0.1, 0.15) is 5.75 Å². The van der Waals surface area contributed by atoms with E-state index in [-0.39, 0.29) is 5.54 Å². The van der Waals surface area contributed by atoms with E-state index in [4.69, 9.17) is 4.74 Å². The number of ether oxygens (including phenoxy) is 1. The molecule has 1 aliphatic heterocycles. The minimum Gasteiger partial charge on any atom is -0.496 e. The topological polar surface area (TPSA) is 60.3 Å². The second-order valence-electron chi connectivity index (χ2n) is 8.43. The molecule has 2 heterocycles. The fourth-order valence-corrected chi connectivity index (χ4v) is 6.44. The van der Waals surface area contributed by atoms with Crippen LogP contribution < -0.4 is 10.1 Å². The molecule has 0 radical (unpaired) electrons. The van der Waals surface area contributed by atoms with E-state index in [9.17, 15) is 8.42 Å². The standard InChI is InChI=1S/C23H26N2O3S/c1-16-5-7-18(8-6-16)29(26,27)25-15-17-13-23(11-3-4-12-24-23)14-19-21(28-2)10-9-20(25)22(17)19/h5-10,15,24H,3-4,11-14H2,1-2H3. The number of benzene rings is 2. The van der Waals surface area contributed by atoms with E-state index in [1.807, 2.05) is 37.4 Å². The average molecular weight is 411 g/mol. The molecule has 1 unspecified atom stereocenters. The summed E-state index contributed by atoms with van der Waals surface area (Å²) in [5.74, 6) is 0.843. The van der Waals surface area contributed by atoms with E-state index in [0.29, 0.717) is 4.90 Å². The first-order valence-electron chi connectivity index (χ1n) is 10.2. The van der Waals surface area contributed by atoms with Gasteiger partial charge in [-0.2, -0.15) is 0 Å². The van der Waals surface area contributed by atoms with Crippen molar-refractivity contribution in [3.05, 3.63) is 59.3 Å². The van der Waals surface area contributed by atoms with Gasteiger partial charge in [0.2, 0.25) is 0 Å². The predicted octanol–water partition coefficient (Wildman–Crippen LogP) is 3.81. The molecule has 3 aromatic rings. The molecule has 0 saturated carbocycles. The number of aromatic nitrogens is 1. The maximum atomic E-state index is 13.5. The highest BCUT2D eigenvalue weighted by atomic mass is 32.2. The fourth-order valence-electron chi connectivity index (χ4n) is 5.05. The number of piperidine rings is 1. The van der Waals surface area contributed by atoms with Crippen LogP contribution in [0.1, 0.15) is 36.0 Å². The lowest BCUT2D eigenvalue weighted by atomic mass is 9.74. The van der Waals surface area contributed by atoms with E-state index in [1.165, 1.54) is 16.8 Å². The molecule has 1 fully saturated rings. The van der Waals surface area contributed by atoms with Crippen LogP contribution in [0.3, 0.4) is 0 Å². The minimum absolute atomic E-state index is 0.00732. The second-order valence-corrected chi connectivity index (χ2v) is 10.2. The SMILES string of the molecule is COc1ccc2c3c(cn2S(=O)(=O)c2ccc(C)cc2)CC2(CCCCN2)Cc13. The summed E-state index contributed by atoms with van der Waals surface area (Å²) in [7, 11) is -1.98. The van der Waals surface area contributed by atoms with Crippen molar-refractivity contribution in [2.75, 3.05) is 13.7 Å². The number of aryl methyl sites for hydroxylation is 1. The normalized spacial score (nSPS) is 21.6. The molecule has 1 spiro atoms. The van der Waals surface area contributed by atoms with Gasteiger partial charge in [0.15, 0.2) is 0 Å². The van der Waals surface area contributed by atoms with Gasteiger partial charge in [-0.05, 0) is 69.0 Å². The average Bonchev–Trinajstić information content (AvgIpc) is 3.09. The van der Waals surface area contributed by atoms with Crippen LogP contribution in [0.15, 0.2) is 47.5 Å². The first kappa shape index (κ1) is 18.7. The van der Waals surface area contributed by atoms with Crippen molar-refractivity contribution >= 4 is 20.9 Å². The third-order valence-electron chi connectivity index (χ3n) is 6.50. The number of methoxy groups -OCH3 is 1. The molecule has 6 heteroatoms. The zero-order chi connectivity index (χ0) is 20.2. The van der Waals surface area contributed by atoms with Crippen LogP contribution in [0.2, 0.25) is 0 Å². The highest BCUT2D eigenvalue weighted by Crippen LogP contribution is 2.43. The van der Waals surface area contributed by atoms with Crippen LogP contribution in [0.25, 0.3) is 10.9 Å². The summed E-state index contributed by atoms with van der Waals surface area (Å²) < 4.78 is 34.1. The van der Waals surface area contributed by atoms with Gasteiger partial charge in [0.25, 0.3) is 10.0 Å². The smallest absolute Gasteiger partial charge is 0.268 e. The lowest BCUT2D eigenvalue weighted by Crippen LogP contribution is -2.53. The van der Waals surface area contributed by atoms with Crippen molar-refractivity contribution in [2.24, 2.45) is 0 Å². The van der Waals surface area contributed by atoms with Gasteiger partial charge >= 0.3 is 0 Å². The molecule has 2 aromatic carbocycles. The summed E-state index contributed by atoms with van der Waals surface area (Å²) in [6, 6.07) is 10.8. The van der Waals surface area contributed by atoms with Crippen LogP contribution >= 0.6 is 0 Å². The predicted molar refractivity (Wildman–Crippen MR) is 114 cm³/mol. The largest absolute Gasteiger partial charge is 0.496 e. The first-order valence-corrected chi connectivity index (χ1v) is 11.6. The Balaban J connectivity index is 1.71. The fraction of sp³-hybridized carbons (Fsp3) is 0.391. The number of nitrogens with zero attached hydrogens (tertiary/aromatic N) is 1. The third-order valence-corrected chi connectivity index (χ3v) is 8.19. The molecule has 5 rings (SSSR count). The summed E-state index contributed by atoms with van der Waals surface area (Å²) in [5, 5.41) is 4.78. The zero-order valence-corrected chi connectivity index (χ0v) is 17.7. The van der Waals surface area contributed by atoms with Gasteiger partial charge in [0, 0.05) is 22.7 Å². The molecule has 0 amide bonds. The highest BCUT2D eigenvalue weighted by molar-refractivity contribution is 7.90. The first-order chi connectivity index (χ1) is 13.9. The van der Waals surface area contributed by atoms with Gasteiger partial charge in [-0.3, -0.25) is 0 Å². The van der Waals surface area contributed by atoms with Crippen molar-refractivity contribution in [1.29, 1.82) is 0 Å². The van der Waals surface area contributed by atoms with Gasteiger partial charge < -0.3 is 10.1 Å². The van der Waals surface area contributed by atoms with Crippen LogP contribution in [-0.2, 0) is 22.9 Å². The number of hydrogen-bond donors (Lipinski definition) is 1. The third kappa shape index (κ3) is 2.89. The summed E-state index contributed by atoms with van der Waals surface area (Å²) in [6.45, 7) is 2.97. The minimum atomic E-state index is -3.67. The summed E-state index contributed by atoms with van der Waals surface area (Å²) in [4.78, 5) is 0.314. The molecule has 5 nitrogen and oxygen atoms in total. The quantitative estimate of drug-likeness (QED) is 0.713. The lowest BCUT2D eigenvalue weighted by Gasteiger charge is -2.41. The van der Waals surface area contributed by atoms with Crippen molar-refractivity contribution in [3.63, 3.8) is 0 Å². The Morgan fingerprint density at radius 1 is 1.07 bits per heavy atom.